The summed E-state index contributed by atoms with van der Waals surface area (Å²) in [7, 11) is 0. The number of carbonyl (C=O) groups excluding carboxylic acids is 2. The van der Waals surface area contributed by atoms with E-state index in [9.17, 15) is 9.59 Å². The Morgan fingerprint density at radius 2 is 1.96 bits per heavy atom. The maximum atomic E-state index is 13.0. The summed E-state index contributed by atoms with van der Waals surface area (Å²) in [5.74, 6) is 0.916. The van der Waals surface area contributed by atoms with E-state index in [4.69, 9.17) is 4.74 Å². The molecule has 2 aliphatic rings. The molecule has 0 bridgehead atoms. The van der Waals surface area contributed by atoms with Crippen molar-refractivity contribution in [2.24, 2.45) is 17.8 Å². The number of hydrogen-bond acceptors (Lipinski definition) is 3. The van der Waals surface area contributed by atoms with E-state index in [1.54, 1.807) is 0 Å². The van der Waals surface area contributed by atoms with Crippen molar-refractivity contribution in [1.29, 1.82) is 0 Å². The highest BCUT2D eigenvalue weighted by Gasteiger charge is 2.43. The first-order valence-electron chi connectivity index (χ1n) is 8.60. The van der Waals surface area contributed by atoms with Crippen molar-refractivity contribution in [2.45, 2.75) is 45.6 Å². The van der Waals surface area contributed by atoms with Crippen molar-refractivity contribution in [1.82, 2.24) is 4.90 Å². The molecule has 0 aromatic heterocycles. The first kappa shape index (κ1) is 16.0. The predicted molar refractivity (Wildman–Crippen MR) is 87.8 cm³/mol. The summed E-state index contributed by atoms with van der Waals surface area (Å²) in [4.78, 5) is 26.5. The zero-order valence-electron chi connectivity index (χ0n) is 13.9. The van der Waals surface area contributed by atoms with Gasteiger partial charge in [0.1, 0.15) is 6.61 Å². The molecular weight excluding hydrogens is 290 g/mol. The lowest BCUT2D eigenvalue weighted by Crippen LogP contribution is -2.46. The second kappa shape index (κ2) is 6.73. The second-order valence-electron chi connectivity index (χ2n) is 7.13. The van der Waals surface area contributed by atoms with Crippen LogP contribution in [0.3, 0.4) is 0 Å². The summed E-state index contributed by atoms with van der Waals surface area (Å²) in [6, 6.07) is 9.79. The van der Waals surface area contributed by atoms with Crippen molar-refractivity contribution in [3.05, 3.63) is 35.9 Å². The average Bonchev–Trinajstić information content (AvgIpc) is 2.88. The van der Waals surface area contributed by atoms with Crippen LogP contribution in [-0.2, 0) is 16.0 Å². The number of rotatable bonds is 3. The minimum atomic E-state index is -0.471. The Morgan fingerprint density at radius 1 is 1.22 bits per heavy atom. The molecule has 23 heavy (non-hydrogen) atoms. The van der Waals surface area contributed by atoms with Crippen LogP contribution in [-0.4, -0.2) is 29.5 Å². The fourth-order valence-corrected chi connectivity index (χ4v) is 3.98. The largest absolute Gasteiger partial charge is 0.447 e. The van der Waals surface area contributed by atoms with Crippen LogP contribution in [0.25, 0.3) is 0 Å². The van der Waals surface area contributed by atoms with Gasteiger partial charge in [-0.15, -0.1) is 0 Å². The Morgan fingerprint density at radius 3 is 2.65 bits per heavy atom. The molecule has 1 aromatic rings. The Bertz CT molecular complexity index is 571. The molecule has 1 heterocycles. The van der Waals surface area contributed by atoms with Crippen LogP contribution in [0.1, 0.15) is 38.7 Å². The molecule has 0 radical (unpaired) electrons. The first-order chi connectivity index (χ1) is 11.1. The van der Waals surface area contributed by atoms with Crippen molar-refractivity contribution in [3.8, 4) is 0 Å². The van der Waals surface area contributed by atoms with Crippen LogP contribution < -0.4 is 0 Å². The summed E-state index contributed by atoms with van der Waals surface area (Å²) in [5.41, 5.74) is 1.12. The highest BCUT2D eigenvalue weighted by atomic mass is 16.6. The van der Waals surface area contributed by atoms with E-state index in [2.05, 4.69) is 13.8 Å². The smallest absolute Gasteiger partial charge is 0.416 e. The van der Waals surface area contributed by atoms with Crippen LogP contribution in [0.4, 0.5) is 4.79 Å². The van der Waals surface area contributed by atoms with Gasteiger partial charge in [0.05, 0.1) is 6.04 Å². The van der Waals surface area contributed by atoms with Gasteiger partial charge in [-0.25, -0.2) is 9.69 Å². The molecule has 4 heteroatoms. The van der Waals surface area contributed by atoms with Gasteiger partial charge in [-0.1, -0.05) is 44.2 Å². The molecule has 1 aromatic carbocycles. The molecule has 0 unspecified atom stereocenters. The number of hydrogen-bond donors (Lipinski definition) is 0. The van der Waals surface area contributed by atoms with Gasteiger partial charge < -0.3 is 4.74 Å². The van der Waals surface area contributed by atoms with Gasteiger partial charge in [0, 0.05) is 5.92 Å². The second-order valence-corrected chi connectivity index (χ2v) is 7.13. The Hall–Kier alpha value is -1.84. The minimum absolute atomic E-state index is 0.0344. The molecule has 4 nitrogen and oxygen atoms in total. The maximum Gasteiger partial charge on any atom is 0.416 e. The SMILES string of the molecule is C[C@@H]1CC[C@@H](C(=O)N2C(=O)OC[C@H]2Cc2ccccc2)[C@@H](C)C1. The third-order valence-electron chi connectivity index (χ3n) is 5.26. The molecule has 1 saturated carbocycles. The quantitative estimate of drug-likeness (QED) is 0.855. The number of cyclic esters (lactones) is 1. The zero-order valence-corrected chi connectivity index (χ0v) is 13.9. The lowest BCUT2D eigenvalue weighted by Gasteiger charge is -2.34. The Kier molecular flexibility index (Phi) is 4.69. The number of carbonyl (C=O) groups is 2. The molecule has 1 aliphatic heterocycles. The summed E-state index contributed by atoms with van der Waals surface area (Å²) in [6.07, 6.45) is 3.19. The van der Waals surface area contributed by atoms with E-state index < -0.39 is 6.09 Å². The van der Waals surface area contributed by atoms with Crippen molar-refractivity contribution in [2.75, 3.05) is 6.61 Å². The topological polar surface area (TPSA) is 46.6 Å². The zero-order chi connectivity index (χ0) is 16.4. The van der Waals surface area contributed by atoms with E-state index >= 15 is 0 Å². The van der Waals surface area contributed by atoms with Crippen molar-refractivity contribution < 1.29 is 14.3 Å². The number of ether oxygens (including phenoxy) is 1. The van der Waals surface area contributed by atoms with Crippen LogP contribution in [0.15, 0.2) is 30.3 Å². The molecule has 124 valence electrons. The standard InChI is InChI=1S/C19H25NO3/c1-13-8-9-17(14(2)10-13)18(21)20-16(12-23-19(20)22)11-15-6-4-3-5-7-15/h3-7,13-14,16-17H,8-12H2,1-2H3/t13-,14+,16-,17-/m1/s1. The van der Waals surface area contributed by atoms with E-state index in [0.29, 0.717) is 24.9 Å². The number of amides is 2. The Balaban J connectivity index is 1.73. The highest BCUT2D eigenvalue weighted by Crippen LogP contribution is 2.35. The molecule has 1 saturated heterocycles. The molecular formula is C19H25NO3. The summed E-state index contributed by atoms with van der Waals surface area (Å²) >= 11 is 0. The molecule has 1 aliphatic carbocycles. The van der Waals surface area contributed by atoms with Crippen LogP contribution in [0.2, 0.25) is 0 Å². The minimum Gasteiger partial charge on any atom is -0.447 e. The van der Waals surface area contributed by atoms with Gasteiger partial charge in [0.25, 0.3) is 0 Å². The van der Waals surface area contributed by atoms with Gasteiger partial charge in [-0.3, -0.25) is 4.79 Å². The first-order valence-corrected chi connectivity index (χ1v) is 8.60. The molecule has 2 fully saturated rings. The summed E-state index contributed by atoms with van der Waals surface area (Å²) in [5, 5.41) is 0. The summed E-state index contributed by atoms with van der Waals surface area (Å²) in [6.45, 7) is 4.67. The monoisotopic (exact) mass is 315 g/mol. The molecule has 4 atom stereocenters. The third-order valence-corrected chi connectivity index (χ3v) is 5.26. The summed E-state index contributed by atoms with van der Waals surface area (Å²) < 4.78 is 5.18. The van der Waals surface area contributed by atoms with Crippen molar-refractivity contribution >= 4 is 12.0 Å². The highest BCUT2D eigenvalue weighted by molar-refractivity contribution is 5.95. The lowest BCUT2D eigenvalue weighted by atomic mass is 9.75. The van der Waals surface area contributed by atoms with E-state index in [-0.39, 0.29) is 17.9 Å². The fourth-order valence-electron chi connectivity index (χ4n) is 3.98. The van der Waals surface area contributed by atoms with Crippen LogP contribution in [0, 0.1) is 17.8 Å². The normalized spacial score (nSPS) is 31.0. The number of benzene rings is 1. The van der Waals surface area contributed by atoms with Crippen LogP contribution in [0.5, 0.6) is 0 Å². The molecule has 0 N–H and O–H groups in total. The molecule has 0 spiro atoms. The van der Waals surface area contributed by atoms with Gasteiger partial charge >= 0.3 is 6.09 Å². The van der Waals surface area contributed by atoms with Gasteiger partial charge in [-0.2, -0.15) is 0 Å². The lowest BCUT2D eigenvalue weighted by molar-refractivity contribution is -0.136. The van der Waals surface area contributed by atoms with Gasteiger partial charge in [0.15, 0.2) is 0 Å². The van der Waals surface area contributed by atoms with E-state index in [0.717, 1.165) is 24.8 Å². The van der Waals surface area contributed by atoms with E-state index in [1.807, 2.05) is 30.3 Å². The maximum absolute atomic E-state index is 13.0. The van der Waals surface area contributed by atoms with Gasteiger partial charge in [-0.05, 0) is 43.1 Å². The average molecular weight is 315 g/mol. The molecule has 2 amide bonds. The van der Waals surface area contributed by atoms with Crippen LogP contribution >= 0.6 is 0 Å². The fraction of sp³-hybridized carbons (Fsp3) is 0.579. The van der Waals surface area contributed by atoms with Crippen molar-refractivity contribution in [3.63, 3.8) is 0 Å². The third kappa shape index (κ3) is 3.41. The van der Waals surface area contributed by atoms with Gasteiger partial charge in [0.2, 0.25) is 5.91 Å². The number of imide groups is 1. The molecule has 3 rings (SSSR count). The Labute approximate surface area is 137 Å². The number of nitrogens with zero attached hydrogens (tertiary/aromatic N) is 1. The van der Waals surface area contributed by atoms with E-state index in [1.165, 1.54) is 4.90 Å². The predicted octanol–water partition coefficient (Wildman–Crippen LogP) is 3.65.